The van der Waals surface area contributed by atoms with Gasteiger partial charge in [0.05, 0.1) is 0 Å². The standard InChI is InChI=1S/C15H17FN2O/c1-10-5-4-6-13(15(10)16)19-14-8-7-12(9-18-14)11(2)17-3/h4-9,11,17H,1-3H3. The summed E-state index contributed by atoms with van der Waals surface area (Å²) in [5.41, 5.74) is 1.61. The van der Waals surface area contributed by atoms with E-state index in [2.05, 4.69) is 10.3 Å². The molecule has 1 N–H and O–H groups in total. The lowest BCUT2D eigenvalue weighted by molar-refractivity contribution is 0.425. The van der Waals surface area contributed by atoms with Crippen LogP contribution in [0.15, 0.2) is 36.5 Å². The van der Waals surface area contributed by atoms with Gasteiger partial charge in [-0.3, -0.25) is 0 Å². The highest BCUT2D eigenvalue weighted by Crippen LogP contribution is 2.25. The maximum atomic E-state index is 13.8. The third-order valence-electron chi connectivity index (χ3n) is 3.06. The Morgan fingerprint density at radius 3 is 2.68 bits per heavy atom. The number of halogens is 1. The number of hydrogen-bond donors (Lipinski definition) is 1. The maximum Gasteiger partial charge on any atom is 0.219 e. The summed E-state index contributed by atoms with van der Waals surface area (Å²) < 4.78 is 19.2. The van der Waals surface area contributed by atoms with Crippen molar-refractivity contribution in [2.75, 3.05) is 7.05 Å². The second kappa shape index (κ2) is 5.80. The van der Waals surface area contributed by atoms with Gasteiger partial charge in [0, 0.05) is 18.3 Å². The summed E-state index contributed by atoms with van der Waals surface area (Å²) in [6, 6.07) is 8.92. The molecule has 2 rings (SSSR count). The fraction of sp³-hybridized carbons (Fsp3) is 0.267. The molecule has 0 aliphatic heterocycles. The molecule has 1 atom stereocenters. The molecule has 0 radical (unpaired) electrons. The first kappa shape index (κ1) is 13.5. The summed E-state index contributed by atoms with van der Waals surface area (Å²) in [7, 11) is 1.89. The van der Waals surface area contributed by atoms with E-state index in [1.54, 1.807) is 37.4 Å². The van der Waals surface area contributed by atoms with Crippen LogP contribution in [0.1, 0.15) is 24.1 Å². The van der Waals surface area contributed by atoms with Crippen molar-refractivity contribution in [2.24, 2.45) is 0 Å². The molecule has 3 nitrogen and oxygen atoms in total. The Hall–Kier alpha value is -1.94. The molecule has 1 heterocycles. The molecule has 0 saturated carbocycles. The highest BCUT2D eigenvalue weighted by Gasteiger charge is 2.08. The molecule has 19 heavy (non-hydrogen) atoms. The number of nitrogens with zero attached hydrogens (tertiary/aromatic N) is 1. The van der Waals surface area contributed by atoms with Crippen LogP contribution in [0.5, 0.6) is 11.6 Å². The zero-order valence-corrected chi connectivity index (χ0v) is 11.3. The van der Waals surface area contributed by atoms with Crippen molar-refractivity contribution in [3.05, 3.63) is 53.5 Å². The average molecular weight is 260 g/mol. The van der Waals surface area contributed by atoms with Crippen LogP contribution in [0.25, 0.3) is 0 Å². The number of aryl methyl sites for hydroxylation is 1. The minimum absolute atomic E-state index is 0.196. The average Bonchev–Trinajstić information content (AvgIpc) is 2.44. The predicted molar refractivity (Wildman–Crippen MR) is 72.9 cm³/mol. The molecule has 2 aromatic rings. The lowest BCUT2D eigenvalue weighted by Gasteiger charge is -2.11. The van der Waals surface area contributed by atoms with Gasteiger partial charge in [0.15, 0.2) is 11.6 Å². The topological polar surface area (TPSA) is 34.1 Å². The quantitative estimate of drug-likeness (QED) is 0.912. The van der Waals surface area contributed by atoms with E-state index in [4.69, 9.17) is 4.74 Å². The predicted octanol–water partition coefficient (Wildman–Crippen LogP) is 3.60. The molecule has 0 bridgehead atoms. The number of nitrogens with one attached hydrogen (secondary N) is 1. The Labute approximate surface area is 112 Å². The first-order valence-corrected chi connectivity index (χ1v) is 6.18. The van der Waals surface area contributed by atoms with Gasteiger partial charge in [-0.2, -0.15) is 0 Å². The second-order valence-electron chi connectivity index (χ2n) is 4.43. The zero-order valence-electron chi connectivity index (χ0n) is 11.3. The minimum Gasteiger partial charge on any atom is -0.436 e. The summed E-state index contributed by atoms with van der Waals surface area (Å²) in [5.74, 6) is 0.232. The number of aromatic nitrogens is 1. The van der Waals surface area contributed by atoms with Gasteiger partial charge in [-0.05, 0) is 38.1 Å². The first-order valence-electron chi connectivity index (χ1n) is 6.18. The highest BCUT2D eigenvalue weighted by atomic mass is 19.1. The van der Waals surface area contributed by atoms with Gasteiger partial charge >= 0.3 is 0 Å². The first-order chi connectivity index (χ1) is 9.11. The van der Waals surface area contributed by atoms with Crippen molar-refractivity contribution in [2.45, 2.75) is 19.9 Å². The fourth-order valence-corrected chi connectivity index (χ4v) is 1.69. The fourth-order valence-electron chi connectivity index (χ4n) is 1.69. The van der Waals surface area contributed by atoms with Crippen LogP contribution >= 0.6 is 0 Å². The summed E-state index contributed by atoms with van der Waals surface area (Å²) in [6.07, 6.45) is 1.73. The van der Waals surface area contributed by atoms with Crippen molar-refractivity contribution in [3.63, 3.8) is 0 Å². The molecule has 1 aromatic heterocycles. The van der Waals surface area contributed by atoms with Gasteiger partial charge in [0.2, 0.25) is 5.88 Å². The third kappa shape index (κ3) is 3.09. The van der Waals surface area contributed by atoms with Crippen LogP contribution in [0, 0.1) is 12.7 Å². The lowest BCUT2D eigenvalue weighted by Crippen LogP contribution is -2.12. The summed E-state index contributed by atoms with van der Waals surface area (Å²) >= 11 is 0. The Morgan fingerprint density at radius 1 is 1.26 bits per heavy atom. The SMILES string of the molecule is CNC(C)c1ccc(Oc2cccc(C)c2F)nc1. The van der Waals surface area contributed by atoms with Crippen molar-refractivity contribution in [1.82, 2.24) is 10.3 Å². The molecule has 100 valence electrons. The van der Waals surface area contributed by atoms with E-state index in [0.29, 0.717) is 11.4 Å². The third-order valence-corrected chi connectivity index (χ3v) is 3.06. The van der Waals surface area contributed by atoms with Crippen molar-refractivity contribution in [3.8, 4) is 11.6 Å². The van der Waals surface area contributed by atoms with Crippen molar-refractivity contribution >= 4 is 0 Å². The maximum absolute atomic E-state index is 13.8. The molecular formula is C15H17FN2O. The molecule has 0 aliphatic carbocycles. The van der Waals surface area contributed by atoms with Crippen LogP contribution in [0.2, 0.25) is 0 Å². The minimum atomic E-state index is -0.350. The monoisotopic (exact) mass is 260 g/mol. The molecule has 0 aliphatic rings. The Morgan fingerprint density at radius 2 is 2.05 bits per heavy atom. The van der Waals surface area contributed by atoms with Crippen LogP contribution < -0.4 is 10.1 Å². The summed E-state index contributed by atoms with van der Waals surface area (Å²) in [5, 5.41) is 3.13. The van der Waals surface area contributed by atoms with E-state index < -0.39 is 0 Å². The van der Waals surface area contributed by atoms with E-state index in [0.717, 1.165) is 5.56 Å². The molecule has 0 spiro atoms. The van der Waals surface area contributed by atoms with Crippen LogP contribution in [0.3, 0.4) is 0 Å². The van der Waals surface area contributed by atoms with Crippen molar-refractivity contribution < 1.29 is 9.13 Å². The Balaban J connectivity index is 2.18. The molecule has 0 saturated heterocycles. The smallest absolute Gasteiger partial charge is 0.219 e. The number of hydrogen-bond acceptors (Lipinski definition) is 3. The van der Waals surface area contributed by atoms with Gasteiger partial charge in [0.25, 0.3) is 0 Å². The lowest BCUT2D eigenvalue weighted by atomic mass is 10.1. The highest BCUT2D eigenvalue weighted by molar-refractivity contribution is 5.33. The van der Waals surface area contributed by atoms with Crippen LogP contribution in [0.4, 0.5) is 4.39 Å². The largest absolute Gasteiger partial charge is 0.436 e. The van der Waals surface area contributed by atoms with Crippen molar-refractivity contribution in [1.29, 1.82) is 0 Å². The second-order valence-corrected chi connectivity index (χ2v) is 4.43. The van der Waals surface area contributed by atoms with E-state index >= 15 is 0 Å². The van der Waals surface area contributed by atoms with E-state index in [9.17, 15) is 4.39 Å². The molecular weight excluding hydrogens is 243 g/mol. The Bertz CT molecular complexity index is 555. The van der Waals surface area contributed by atoms with Gasteiger partial charge in [-0.1, -0.05) is 18.2 Å². The van der Waals surface area contributed by atoms with E-state index in [1.807, 2.05) is 20.0 Å². The summed E-state index contributed by atoms with van der Waals surface area (Å²) in [6.45, 7) is 3.74. The normalized spacial score (nSPS) is 12.2. The number of rotatable bonds is 4. The molecule has 0 fully saturated rings. The number of ether oxygens (including phenoxy) is 1. The molecule has 4 heteroatoms. The van der Waals surface area contributed by atoms with Crippen LogP contribution in [-0.4, -0.2) is 12.0 Å². The van der Waals surface area contributed by atoms with E-state index in [1.165, 1.54) is 0 Å². The Kier molecular flexibility index (Phi) is 4.12. The number of pyridine rings is 1. The van der Waals surface area contributed by atoms with Gasteiger partial charge in [-0.25, -0.2) is 9.37 Å². The van der Waals surface area contributed by atoms with E-state index in [-0.39, 0.29) is 17.6 Å². The molecule has 1 aromatic carbocycles. The molecule has 1 unspecified atom stereocenters. The number of benzene rings is 1. The summed E-state index contributed by atoms with van der Waals surface area (Å²) in [4.78, 5) is 4.18. The van der Waals surface area contributed by atoms with Gasteiger partial charge in [0.1, 0.15) is 0 Å². The zero-order chi connectivity index (χ0) is 13.8. The molecule has 0 amide bonds. The van der Waals surface area contributed by atoms with Crippen LogP contribution in [-0.2, 0) is 0 Å². The van der Waals surface area contributed by atoms with Gasteiger partial charge < -0.3 is 10.1 Å². The van der Waals surface area contributed by atoms with Gasteiger partial charge in [-0.15, -0.1) is 0 Å².